The van der Waals surface area contributed by atoms with E-state index in [1.165, 1.54) is 6.08 Å². The molecule has 0 saturated carbocycles. The Balaban J connectivity index is 1.87. The van der Waals surface area contributed by atoms with Gasteiger partial charge in [0.05, 0.1) is 17.3 Å². The number of aryl methyl sites for hydroxylation is 1. The molecule has 0 unspecified atom stereocenters. The second-order valence-corrected chi connectivity index (χ2v) is 5.90. The van der Waals surface area contributed by atoms with Gasteiger partial charge in [-0.2, -0.15) is 0 Å². The third-order valence-corrected chi connectivity index (χ3v) is 3.77. The van der Waals surface area contributed by atoms with Crippen molar-refractivity contribution in [3.63, 3.8) is 0 Å². The van der Waals surface area contributed by atoms with E-state index in [4.69, 9.17) is 9.47 Å². The summed E-state index contributed by atoms with van der Waals surface area (Å²) in [6, 6.07) is 7.58. The van der Waals surface area contributed by atoms with Crippen LogP contribution in [0.2, 0.25) is 0 Å². The molecule has 0 bridgehead atoms. The molecule has 2 aromatic rings. The fraction of sp³-hybridized carbons (Fsp3) is 0.294. The second-order valence-electron chi connectivity index (χ2n) is 4.84. The lowest BCUT2D eigenvalue weighted by atomic mass is 10.2. The molecule has 1 amide bonds. The predicted octanol–water partition coefficient (Wildman–Crippen LogP) is 2.81. The Morgan fingerprint density at radius 3 is 3.04 bits per heavy atom. The number of nitrogens with one attached hydrogen (secondary N) is 1. The standard InChI is InChI=1S/C17H20N2O3S/c1-13-19-15(12-23-13)11-22-16-5-3-4-14(10-16)6-7-17(20)18-8-9-21-2/h3-7,10,12H,8-9,11H2,1-2H3,(H,18,20). The van der Waals surface area contributed by atoms with E-state index in [0.717, 1.165) is 22.0 Å². The molecule has 1 N–H and O–H groups in total. The maximum absolute atomic E-state index is 11.6. The highest BCUT2D eigenvalue weighted by Gasteiger charge is 2.01. The van der Waals surface area contributed by atoms with Crippen molar-refractivity contribution in [2.75, 3.05) is 20.3 Å². The monoisotopic (exact) mass is 332 g/mol. The molecular weight excluding hydrogens is 312 g/mol. The van der Waals surface area contributed by atoms with Crippen LogP contribution in [0.15, 0.2) is 35.7 Å². The van der Waals surface area contributed by atoms with Crippen LogP contribution in [0.1, 0.15) is 16.3 Å². The van der Waals surface area contributed by atoms with Crippen molar-refractivity contribution in [1.82, 2.24) is 10.3 Å². The van der Waals surface area contributed by atoms with E-state index in [2.05, 4.69) is 10.3 Å². The summed E-state index contributed by atoms with van der Waals surface area (Å²) in [5.74, 6) is 0.601. The highest BCUT2D eigenvalue weighted by atomic mass is 32.1. The second kappa shape index (κ2) is 9.07. The van der Waals surface area contributed by atoms with Gasteiger partial charge in [-0.25, -0.2) is 4.98 Å². The first kappa shape index (κ1) is 17.2. The molecule has 1 aromatic carbocycles. The number of nitrogens with zero attached hydrogens (tertiary/aromatic N) is 1. The third kappa shape index (κ3) is 6.22. The highest BCUT2D eigenvalue weighted by Crippen LogP contribution is 2.17. The zero-order valence-electron chi connectivity index (χ0n) is 13.2. The molecule has 0 aliphatic carbocycles. The van der Waals surface area contributed by atoms with Gasteiger partial charge in [-0.15, -0.1) is 11.3 Å². The van der Waals surface area contributed by atoms with Gasteiger partial charge in [0, 0.05) is 25.1 Å². The van der Waals surface area contributed by atoms with E-state index in [1.807, 2.05) is 36.6 Å². The molecule has 0 radical (unpaired) electrons. The lowest BCUT2D eigenvalue weighted by Crippen LogP contribution is -2.24. The number of ether oxygens (including phenoxy) is 2. The predicted molar refractivity (Wildman–Crippen MR) is 91.5 cm³/mol. The molecule has 0 atom stereocenters. The van der Waals surface area contributed by atoms with Gasteiger partial charge in [0.2, 0.25) is 5.91 Å². The van der Waals surface area contributed by atoms with Crippen LogP contribution in [0.3, 0.4) is 0 Å². The first-order valence-corrected chi connectivity index (χ1v) is 8.14. The van der Waals surface area contributed by atoms with Crippen molar-refractivity contribution in [2.24, 2.45) is 0 Å². The van der Waals surface area contributed by atoms with Crippen molar-refractivity contribution in [3.05, 3.63) is 52.0 Å². The van der Waals surface area contributed by atoms with E-state index >= 15 is 0 Å². The average Bonchev–Trinajstić information content (AvgIpc) is 2.97. The van der Waals surface area contributed by atoms with Crippen LogP contribution in [0.5, 0.6) is 5.75 Å². The SMILES string of the molecule is COCCNC(=O)C=Cc1cccc(OCc2csc(C)n2)c1. The maximum Gasteiger partial charge on any atom is 0.244 e. The normalized spacial score (nSPS) is 10.9. The van der Waals surface area contributed by atoms with Gasteiger partial charge < -0.3 is 14.8 Å². The zero-order valence-corrected chi connectivity index (χ0v) is 14.1. The van der Waals surface area contributed by atoms with Gasteiger partial charge in [-0.1, -0.05) is 12.1 Å². The molecule has 2 rings (SSSR count). The number of rotatable bonds is 8. The third-order valence-electron chi connectivity index (χ3n) is 2.94. The van der Waals surface area contributed by atoms with E-state index in [-0.39, 0.29) is 5.91 Å². The first-order chi connectivity index (χ1) is 11.2. The average molecular weight is 332 g/mol. The van der Waals surface area contributed by atoms with E-state index in [1.54, 1.807) is 24.5 Å². The van der Waals surface area contributed by atoms with Crippen LogP contribution in [0, 0.1) is 6.92 Å². The largest absolute Gasteiger partial charge is 0.487 e. The van der Waals surface area contributed by atoms with Crippen LogP contribution in [-0.2, 0) is 16.1 Å². The molecule has 1 heterocycles. The summed E-state index contributed by atoms with van der Waals surface area (Å²) in [5, 5.41) is 5.75. The minimum Gasteiger partial charge on any atom is -0.487 e. The number of methoxy groups -OCH3 is 1. The summed E-state index contributed by atoms with van der Waals surface area (Å²) < 4.78 is 10.6. The fourth-order valence-corrected chi connectivity index (χ4v) is 2.44. The Kier molecular flexibility index (Phi) is 6.77. The highest BCUT2D eigenvalue weighted by molar-refractivity contribution is 7.09. The van der Waals surface area contributed by atoms with Gasteiger partial charge in [0.25, 0.3) is 0 Å². The van der Waals surface area contributed by atoms with Gasteiger partial charge in [-0.3, -0.25) is 4.79 Å². The van der Waals surface area contributed by atoms with E-state index < -0.39 is 0 Å². The van der Waals surface area contributed by atoms with E-state index in [0.29, 0.717) is 19.8 Å². The summed E-state index contributed by atoms with van der Waals surface area (Å²) in [6.07, 6.45) is 3.25. The Morgan fingerprint density at radius 1 is 1.43 bits per heavy atom. The number of hydrogen-bond acceptors (Lipinski definition) is 5. The van der Waals surface area contributed by atoms with Gasteiger partial charge >= 0.3 is 0 Å². The number of hydrogen-bond donors (Lipinski definition) is 1. The Morgan fingerprint density at radius 2 is 2.30 bits per heavy atom. The zero-order chi connectivity index (χ0) is 16.5. The Hall–Kier alpha value is -2.18. The molecule has 0 aliphatic rings. The minimum atomic E-state index is -0.147. The number of carbonyl (C=O) groups excluding carboxylic acids is 1. The summed E-state index contributed by atoms with van der Waals surface area (Å²) >= 11 is 1.61. The Labute approximate surface area is 140 Å². The van der Waals surface area contributed by atoms with Crippen molar-refractivity contribution >= 4 is 23.3 Å². The van der Waals surface area contributed by atoms with E-state index in [9.17, 15) is 4.79 Å². The van der Waals surface area contributed by atoms with Crippen LogP contribution < -0.4 is 10.1 Å². The number of benzene rings is 1. The van der Waals surface area contributed by atoms with Crippen LogP contribution in [0.25, 0.3) is 6.08 Å². The Bertz CT molecular complexity index is 667. The lowest BCUT2D eigenvalue weighted by Gasteiger charge is -2.05. The summed E-state index contributed by atoms with van der Waals surface area (Å²) in [4.78, 5) is 16.0. The van der Waals surface area contributed by atoms with Crippen LogP contribution in [0.4, 0.5) is 0 Å². The molecular formula is C17H20N2O3S. The molecule has 0 fully saturated rings. The molecule has 23 heavy (non-hydrogen) atoms. The molecule has 0 spiro atoms. The van der Waals surface area contributed by atoms with Gasteiger partial charge in [-0.05, 0) is 30.7 Å². The number of thiazole rings is 1. The summed E-state index contributed by atoms with van der Waals surface area (Å²) in [5.41, 5.74) is 1.82. The lowest BCUT2D eigenvalue weighted by molar-refractivity contribution is -0.116. The topological polar surface area (TPSA) is 60.5 Å². The number of amides is 1. The molecule has 6 heteroatoms. The molecule has 1 aromatic heterocycles. The maximum atomic E-state index is 11.6. The fourth-order valence-electron chi connectivity index (χ4n) is 1.85. The van der Waals surface area contributed by atoms with Crippen molar-refractivity contribution in [1.29, 1.82) is 0 Å². The van der Waals surface area contributed by atoms with Crippen LogP contribution >= 0.6 is 11.3 Å². The summed E-state index contributed by atoms with van der Waals surface area (Å²) in [6.45, 7) is 3.40. The molecule has 122 valence electrons. The van der Waals surface area contributed by atoms with Gasteiger partial charge in [0.15, 0.2) is 0 Å². The molecule has 5 nitrogen and oxygen atoms in total. The quantitative estimate of drug-likeness (QED) is 0.596. The van der Waals surface area contributed by atoms with Crippen LogP contribution in [-0.4, -0.2) is 31.2 Å². The van der Waals surface area contributed by atoms with Crippen molar-refractivity contribution in [3.8, 4) is 5.75 Å². The van der Waals surface area contributed by atoms with Crippen molar-refractivity contribution in [2.45, 2.75) is 13.5 Å². The number of carbonyl (C=O) groups is 1. The summed E-state index contributed by atoms with van der Waals surface area (Å²) in [7, 11) is 1.60. The minimum absolute atomic E-state index is 0.147. The van der Waals surface area contributed by atoms with Crippen molar-refractivity contribution < 1.29 is 14.3 Å². The smallest absolute Gasteiger partial charge is 0.244 e. The molecule has 0 aliphatic heterocycles. The number of aromatic nitrogens is 1. The molecule has 0 saturated heterocycles. The van der Waals surface area contributed by atoms with Gasteiger partial charge in [0.1, 0.15) is 12.4 Å². The first-order valence-electron chi connectivity index (χ1n) is 7.26.